The first-order chi connectivity index (χ1) is 6.45. The molecule has 0 bridgehead atoms. The Bertz CT molecular complexity index is 173. The van der Waals surface area contributed by atoms with Crippen molar-refractivity contribution in [2.75, 3.05) is 19.9 Å². The zero-order chi connectivity index (χ0) is 11.0. The van der Waals surface area contributed by atoms with E-state index < -0.39 is 37.2 Å². The van der Waals surface area contributed by atoms with Crippen LogP contribution in [-0.2, 0) is 19.7 Å². The van der Waals surface area contributed by atoms with Crippen molar-refractivity contribution in [2.45, 2.75) is 19.0 Å². The van der Waals surface area contributed by atoms with Crippen LogP contribution >= 0.6 is 0 Å². The summed E-state index contributed by atoms with van der Waals surface area (Å²) in [5.41, 5.74) is 0. The Morgan fingerprint density at radius 3 is 2.21 bits per heavy atom. The molecule has 0 amide bonds. The number of halogens is 4. The highest BCUT2D eigenvalue weighted by Gasteiger charge is 2.27. The third kappa shape index (κ3) is 9.87. The lowest BCUT2D eigenvalue weighted by atomic mass is 10.5. The molecular formula is C6H10F4O3S. The fraction of sp³-hybridized carbons (Fsp3) is 1.00. The van der Waals surface area contributed by atoms with Gasteiger partial charge in [0.15, 0.2) is 0 Å². The highest BCUT2D eigenvalue weighted by molar-refractivity contribution is 7.75. The van der Waals surface area contributed by atoms with Crippen molar-refractivity contribution < 1.29 is 30.1 Å². The van der Waals surface area contributed by atoms with Gasteiger partial charge in [0.2, 0.25) is 0 Å². The fourth-order valence-electron chi connectivity index (χ4n) is 0.441. The minimum Gasteiger partial charge on any atom is -0.268 e. The average molecular weight is 238 g/mol. The van der Waals surface area contributed by atoms with Gasteiger partial charge in [-0.15, -0.1) is 0 Å². The van der Waals surface area contributed by atoms with E-state index in [0.717, 1.165) is 0 Å². The van der Waals surface area contributed by atoms with Crippen LogP contribution < -0.4 is 0 Å². The largest absolute Gasteiger partial charge is 0.391 e. The first kappa shape index (κ1) is 13.8. The van der Waals surface area contributed by atoms with Crippen molar-refractivity contribution in [3.8, 4) is 0 Å². The Labute approximate surface area is 81.2 Å². The van der Waals surface area contributed by atoms with Gasteiger partial charge in [0.05, 0.1) is 26.3 Å². The van der Waals surface area contributed by atoms with Gasteiger partial charge in [-0.1, -0.05) is 0 Å². The van der Waals surface area contributed by atoms with Gasteiger partial charge in [0, 0.05) is 6.42 Å². The Balaban J connectivity index is 3.36. The van der Waals surface area contributed by atoms with Gasteiger partial charge in [-0.25, -0.2) is 0 Å². The Morgan fingerprint density at radius 2 is 1.71 bits per heavy atom. The van der Waals surface area contributed by atoms with E-state index in [0.29, 0.717) is 0 Å². The maximum atomic E-state index is 11.5. The van der Waals surface area contributed by atoms with Gasteiger partial charge < -0.3 is 0 Å². The molecule has 0 aromatic rings. The molecule has 8 heteroatoms. The molecule has 0 rings (SSSR count). The van der Waals surface area contributed by atoms with Crippen molar-refractivity contribution in [1.29, 1.82) is 0 Å². The molecular weight excluding hydrogens is 228 g/mol. The Kier molecular flexibility index (Phi) is 7.02. The lowest BCUT2D eigenvalue weighted by Crippen LogP contribution is -2.13. The lowest BCUT2D eigenvalue weighted by Gasteiger charge is -2.05. The van der Waals surface area contributed by atoms with Crippen molar-refractivity contribution in [2.24, 2.45) is 0 Å². The summed E-state index contributed by atoms with van der Waals surface area (Å²) in [5, 5.41) is 0. The average Bonchev–Trinajstić information content (AvgIpc) is 2.02. The molecule has 0 saturated carbocycles. The summed E-state index contributed by atoms with van der Waals surface area (Å²) in [6.45, 7) is -1.51. The first-order valence-corrected chi connectivity index (χ1v) is 4.77. The minimum absolute atomic E-state index is 0.0361. The zero-order valence-electron chi connectivity index (χ0n) is 7.18. The summed E-state index contributed by atoms with van der Waals surface area (Å²) in [6.07, 6.45) is -5.50. The zero-order valence-corrected chi connectivity index (χ0v) is 8.00. The topological polar surface area (TPSA) is 35.5 Å². The maximum Gasteiger partial charge on any atom is 0.391 e. The standard InChI is InChI=1S/C6H10F4O3S/c7-3-1-4-12-14(11)13-5-2-6(8,9)10/h1-5H2. The molecule has 0 aliphatic carbocycles. The number of hydrogen-bond acceptors (Lipinski definition) is 3. The number of hydrogen-bond donors (Lipinski definition) is 0. The molecule has 0 spiro atoms. The molecule has 0 aromatic heterocycles. The van der Waals surface area contributed by atoms with Crippen LogP contribution in [0.25, 0.3) is 0 Å². The highest BCUT2D eigenvalue weighted by Crippen LogP contribution is 2.19. The molecule has 0 saturated heterocycles. The van der Waals surface area contributed by atoms with Crippen LogP contribution in [0.5, 0.6) is 0 Å². The van der Waals surface area contributed by atoms with E-state index in [4.69, 9.17) is 0 Å². The lowest BCUT2D eigenvalue weighted by molar-refractivity contribution is -0.139. The smallest absolute Gasteiger partial charge is 0.268 e. The molecule has 0 aromatic carbocycles. The molecule has 1 atom stereocenters. The van der Waals surface area contributed by atoms with Gasteiger partial charge in [-0.2, -0.15) is 17.4 Å². The monoisotopic (exact) mass is 238 g/mol. The molecule has 0 aliphatic heterocycles. The van der Waals surface area contributed by atoms with Crippen LogP contribution in [-0.4, -0.2) is 30.3 Å². The van der Waals surface area contributed by atoms with Gasteiger partial charge in [-0.05, 0) is 0 Å². The normalized spacial score (nSPS) is 14.3. The molecule has 0 N–H and O–H groups in total. The van der Waals surface area contributed by atoms with Gasteiger partial charge in [0.1, 0.15) is 0 Å². The van der Waals surface area contributed by atoms with E-state index in [1.54, 1.807) is 0 Å². The van der Waals surface area contributed by atoms with Crippen LogP contribution in [0.1, 0.15) is 12.8 Å². The molecule has 14 heavy (non-hydrogen) atoms. The van der Waals surface area contributed by atoms with Crippen molar-refractivity contribution in [3.63, 3.8) is 0 Å². The van der Waals surface area contributed by atoms with Crippen LogP contribution in [0.15, 0.2) is 0 Å². The van der Waals surface area contributed by atoms with E-state index in [2.05, 4.69) is 8.37 Å². The summed E-state index contributed by atoms with van der Waals surface area (Å²) < 4.78 is 65.2. The fourth-order valence-corrected chi connectivity index (χ4v) is 0.982. The molecule has 0 fully saturated rings. The van der Waals surface area contributed by atoms with E-state index in [9.17, 15) is 21.8 Å². The van der Waals surface area contributed by atoms with E-state index >= 15 is 0 Å². The van der Waals surface area contributed by atoms with Gasteiger partial charge >= 0.3 is 17.5 Å². The second kappa shape index (κ2) is 7.13. The van der Waals surface area contributed by atoms with Crippen molar-refractivity contribution >= 4 is 11.4 Å². The Hall–Kier alpha value is -0.210. The third-order valence-corrected chi connectivity index (χ3v) is 1.74. The minimum atomic E-state index is -4.34. The van der Waals surface area contributed by atoms with Gasteiger partial charge in [-0.3, -0.25) is 12.8 Å². The molecule has 0 heterocycles. The SMILES string of the molecule is O=S(OCCCF)OCCC(F)(F)F. The predicted molar refractivity (Wildman–Crippen MR) is 41.3 cm³/mol. The van der Waals surface area contributed by atoms with Crippen LogP contribution in [0.4, 0.5) is 17.6 Å². The molecule has 3 nitrogen and oxygen atoms in total. The van der Waals surface area contributed by atoms with E-state index in [1.807, 2.05) is 0 Å². The first-order valence-electron chi connectivity index (χ1n) is 3.77. The summed E-state index contributed by atoms with van der Waals surface area (Å²) in [7, 11) is 0. The summed E-state index contributed by atoms with van der Waals surface area (Å²) in [6, 6.07) is 0. The van der Waals surface area contributed by atoms with Crippen molar-refractivity contribution in [3.05, 3.63) is 0 Å². The van der Waals surface area contributed by atoms with Crippen LogP contribution in [0.3, 0.4) is 0 Å². The predicted octanol–water partition coefficient (Wildman–Crippen LogP) is 1.91. The van der Waals surface area contributed by atoms with Crippen molar-refractivity contribution in [1.82, 2.24) is 0 Å². The second-order valence-electron chi connectivity index (χ2n) is 2.26. The maximum absolute atomic E-state index is 11.5. The quantitative estimate of drug-likeness (QED) is 0.502. The van der Waals surface area contributed by atoms with E-state index in [1.165, 1.54) is 0 Å². The molecule has 0 aliphatic rings. The van der Waals surface area contributed by atoms with E-state index in [-0.39, 0.29) is 13.0 Å². The second-order valence-corrected chi connectivity index (χ2v) is 3.14. The van der Waals surface area contributed by atoms with Gasteiger partial charge in [0.25, 0.3) is 0 Å². The molecule has 1 unspecified atom stereocenters. The highest BCUT2D eigenvalue weighted by atomic mass is 32.2. The number of rotatable bonds is 7. The van der Waals surface area contributed by atoms with Crippen LogP contribution in [0.2, 0.25) is 0 Å². The van der Waals surface area contributed by atoms with Crippen LogP contribution in [0, 0.1) is 0 Å². The third-order valence-electron chi connectivity index (χ3n) is 1.02. The summed E-state index contributed by atoms with van der Waals surface area (Å²) in [4.78, 5) is 0. The molecule has 86 valence electrons. The Morgan fingerprint density at radius 1 is 1.14 bits per heavy atom. The summed E-state index contributed by atoms with van der Waals surface area (Å²) >= 11 is -2.22. The number of alkyl halides is 4. The molecule has 0 radical (unpaired) electrons. The summed E-state index contributed by atoms with van der Waals surface area (Å²) in [5.74, 6) is 0.